The van der Waals surface area contributed by atoms with E-state index in [0.717, 1.165) is 34.5 Å². The van der Waals surface area contributed by atoms with Crippen LogP contribution in [0.1, 0.15) is 22.3 Å². The van der Waals surface area contributed by atoms with Crippen molar-refractivity contribution >= 4 is 19.4 Å². The number of halogens is 3. The molecule has 0 aliphatic heterocycles. The van der Waals surface area contributed by atoms with Crippen LogP contribution >= 0.6 is 0 Å². The Bertz CT molecular complexity index is 741. The fraction of sp³-hybridized carbons (Fsp3) is 0.316. The quantitative estimate of drug-likeness (QED) is 0.750. The first-order valence-electron chi connectivity index (χ1n) is 8.26. The van der Waals surface area contributed by atoms with Gasteiger partial charge in [-0.3, -0.25) is 4.79 Å². The van der Waals surface area contributed by atoms with Crippen molar-refractivity contribution in [2.24, 2.45) is 0 Å². The van der Waals surface area contributed by atoms with Crippen LogP contribution < -0.4 is 4.90 Å². The predicted octanol–water partition coefficient (Wildman–Crippen LogP) is 3.95. The number of nitrogens with zero attached hydrogens (tertiary/aromatic N) is 1. The maximum Gasteiger partial charge on any atom is 0.416 e. The Balaban J connectivity index is 2.15. The molecule has 0 bridgehead atoms. The van der Waals surface area contributed by atoms with Crippen molar-refractivity contribution in [3.8, 4) is 0 Å². The van der Waals surface area contributed by atoms with Crippen molar-refractivity contribution in [1.29, 1.82) is 0 Å². The van der Waals surface area contributed by atoms with Crippen LogP contribution in [-0.4, -0.2) is 20.3 Å². The van der Waals surface area contributed by atoms with Gasteiger partial charge in [-0.2, -0.15) is 13.2 Å². The number of amides is 1. The Hall–Kier alpha value is -2.24. The lowest BCUT2D eigenvalue weighted by molar-refractivity contribution is -0.137. The van der Waals surface area contributed by atoms with E-state index in [4.69, 9.17) is 0 Å². The first-order valence-corrected chi connectivity index (χ1v) is 8.26. The molecule has 0 fully saturated rings. The molecule has 132 valence electrons. The minimum absolute atomic E-state index is 0.00448. The number of alkyl halides is 3. The number of benzene rings is 2. The second kappa shape index (κ2) is 7.76. The fourth-order valence-corrected chi connectivity index (χ4v) is 2.58. The molecule has 2 rings (SSSR count). The number of aryl methyl sites for hydroxylation is 2. The molecule has 2 nitrogen and oxygen atoms in total. The lowest BCUT2D eigenvalue weighted by Crippen LogP contribution is -2.32. The van der Waals surface area contributed by atoms with E-state index in [1.54, 1.807) is 12.7 Å². The molecule has 0 radical (unpaired) electrons. The van der Waals surface area contributed by atoms with E-state index in [9.17, 15) is 18.0 Å². The molecule has 2 aromatic rings. The molecule has 0 heterocycles. The van der Waals surface area contributed by atoms with E-state index >= 15 is 0 Å². The van der Waals surface area contributed by atoms with E-state index in [0.29, 0.717) is 19.3 Å². The summed E-state index contributed by atoms with van der Waals surface area (Å²) in [4.78, 5) is 14.0. The van der Waals surface area contributed by atoms with Gasteiger partial charge in [0.25, 0.3) is 0 Å². The molecule has 25 heavy (non-hydrogen) atoms. The van der Waals surface area contributed by atoms with Crippen molar-refractivity contribution in [2.45, 2.75) is 32.8 Å². The number of carbonyl (C=O) groups excluding carboxylic acids is 1. The van der Waals surface area contributed by atoms with Crippen molar-refractivity contribution < 1.29 is 18.0 Å². The number of carbonyl (C=O) groups is 1. The van der Waals surface area contributed by atoms with Gasteiger partial charge in [-0.15, -0.1) is 0 Å². The molecule has 6 heteroatoms. The highest BCUT2D eigenvalue weighted by Crippen LogP contribution is 2.29. The Labute approximate surface area is 147 Å². The summed E-state index contributed by atoms with van der Waals surface area (Å²) < 4.78 is 37.9. The standard InChI is InChI=1S/C19H21BF3NO/c1-13-3-8-17(11-14(13)2)24(18(25)12-20)10-9-15-4-6-16(7-5-15)19(21,22)23/h3-8,11H,9-10,12,20H2,1-2H3. The largest absolute Gasteiger partial charge is 0.416 e. The summed E-state index contributed by atoms with van der Waals surface area (Å²) in [6, 6.07) is 10.9. The van der Waals surface area contributed by atoms with Gasteiger partial charge in [0.2, 0.25) is 5.91 Å². The second-order valence-corrected chi connectivity index (χ2v) is 6.11. The molecule has 0 atom stereocenters. The molecule has 0 unspecified atom stereocenters. The van der Waals surface area contributed by atoms with E-state index < -0.39 is 11.7 Å². The Kier molecular flexibility index (Phi) is 5.93. The summed E-state index contributed by atoms with van der Waals surface area (Å²) >= 11 is 0. The molecule has 0 saturated heterocycles. The van der Waals surface area contributed by atoms with Gasteiger partial charge in [-0.1, -0.05) is 18.2 Å². The van der Waals surface area contributed by atoms with Crippen molar-refractivity contribution in [3.63, 3.8) is 0 Å². The highest BCUT2D eigenvalue weighted by Gasteiger charge is 2.29. The maximum atomic E-state index is 12.6. The summed E-state index contributed by atoms with van der Waals surface area (Å²) in [5.74, 6) is -0.00448. The molecule has 2 aromatic carbocycles. The average molecular weight is 347 g/mol. The smallest absolute Gasteiger partial charge is 0.313 e. The minimum Gasteiger partial charge on any atom is -0.313 e. The number of hydrogen-bond acceptors (Lipinski definition) is 1. The molecule has 1 amide bonds. The maximum absolute atomic E-state index is 12.6. The van der Waals surface area contributed by atoms with Crippen molar-refractivity contribution in [1.82, 2.24) is 0 Å². The summed E-state index contributed by atoms with van der Waals surface area (Å²) in [5.41, 5.74) is 3.18. The molecular formula is C19H21BF3NO. The Morgan fingerprint density at radius 1 is 1.04 bits per heavy atom. The second-order valence-electron chi connectivity index (χ2n) is 6.11. The van der Waals surface area contributed by atoms with Gasteiger partial charge in [0.15, 0.2) is 0 Å². The molecular weight excluding hydrogens is 326 g/mol. The molecule has 0 aliphatic rings. The van der Waals surface area contributed by atoms with Crippen LogP contribution in [0.25, 0.3) is 0 Å². The lowest BCUT2D eigenvalue weighted by atomic mass is 10.0. The molecule has 0 spiro atoms. The zero-order chi connectivity index (χ0) is 18.6. The van der Waals surface area contributed by atoms with Gasteiger partial charge in [0.1, 0.15) is 7.85 Å². The summed E-state index contributed by atoms with van der Waals surface area (Å²) in [7, 11) is 1.80. The van der Waals surface area contributed by atoms with Crippen LogP contribution in [0.2, 0.25) is 6.32 Å². The van der Waals surface area contributed by atoms with E-state index in [2.05, 4.69) is 0 Å². The number of anilines is 1. The van der Waals surface area contributed by atoms with E-state index in [-0.39, 0.29) is 5.91 Å². The van der Waals surface area contributed by atoms with Crippen LogP contribution in [0.3, 0.4) is 0 Å². The zero-order valence-electron chi connectivity index (χ0n) is 14.7. The average Bonchev–Trinajstić information content (AvgIpc) is 2.57. The summed E-state index contributed by atoms with van der Waals surface area (Å²) in [6.07, 6.45) is -3.46. The fourth-order valence-electron chi connectivity index (χ4n) is 2.58. The normalized spacial score (nSPS) is 11.4. The van der Waals surface area contributed by atoms with Gasteiger partial charge < -0.3 is 4.90 Å². The molecule has 0 aromatic heterocycles. The van der Waals surface area contributed by atoms with Gasteiger partial charge in [-0.05, 0) is 67.5 Å². The van der Waals surface area contributed by atoms with Crippen molar-refractivity contribution in [3.05, 3.63) is 64.7 Å². The van der Waals surface area contributed by atoms with E-state index in [1.807, 2.05) is 32.0 Å². The zero-order valence-corrected chi connectivity index (χ0v) is 14.7. The highest BCUT2D eigenvalue weighted by atomic mass is 19.4. The monoisotopic (exact) mass is 347 g/mol. The van der Waals surface area contributed by atoms with Crippen LogP contribution in [0.15, 0.2) is 42.5 Å². The van der Waals surface area contributed by atoms with Crippen LogP contribution in [-0.2, 0) is 17.4 Å². The Morgan fingerprint density at radius 2 is 1.68 bits per heavy atom. The first-order chi connectivity index (χ1) is 11.7. The van der Waals surface area contributed by atoms with Crippen LogP contribution in [0, 0.1) is 13.8 Å². The van der Waals surface area contributed by atoms with Gasteiger partial charge >= 0.3 is 6.18 Å². The van der Waals surface area contributed by atoms with Crippen molar-refractivity contribution in [2.75, 3.05) is 11.4 Å². The van der Waals surface area contributed by atoms with Gasteiger partial charge in [0, 0.05) is 12.2 Å². The summed E-state index contributed by atoms with van der Waals surface area (Å²) in [5, 5.41) is 0. The third kappa shape index (κ3) is 4.87. The van der Waals surface area contributed by atoms with Gasteiger partial charge in [-0.25, -0.2) is 0 Å². The molecule has 0 N–H and O–H groups in total. The topological polar surface area (TPSA) is 20.3 Å². The summed E-state index contributed by atoms with van der Waals surface area (Å²) in [6.45, 7) is 4.43. The predicted molar refractivity (Wildman–Crippen MR) is 96.8 cm³/mol. The first kappa shape index (κ1) is 19.1. The lowest BCUT2D eigenvalue weighted by Gasteiger charge is -2.23. The highest BCUT2D eigenvalue weighted by molar-refractivity contribution is 6.22. The van der Waals surface area contributed by atoms with Gasteiger partial charge in [0.05, 0.1) is 5.56 Å². The minimum atomic E-state index is -4.33. The SMILES string of the molecule is BCC(=O)N(CCc1ccc(C(F)(F)F)cc1)c1ccc(C)c(C)c1. The number of rotatable bonds is 5. The third-order valence-corrected chi connectivity index (χ3v) is 4.31. The Morgan fingerprint density at radius 3 is 2.20 bits per heavy atom. The third-order valence-electron chi connectivity index (χ3n) is 4.31. The molecule has 0 aliphatic carbocycles. The van der Waals surface area contributed by atoms with Crippen LogP contribution in [0.5, 0.6) is 0 Å². The number of hydrogen-bond donors (Lipinski definition) is 0. The van der Waals surface area contributed by atoms with E-state index in [1.165, 1.54) is 12.1 Å². The molecule has 0 saturated carbocycles. The van der Waals surface area contributed by atoms with Crippen LogP contribution in [0.4, 0.5) is 18.9 Å².